The summed E-state index contributed by atoms with van der Waals surface area (Å²) in [5, 5.41) is 0. The molecular weight excluding hydrogens is 292 g/mol. The van der Waals surface area contributed by atoms with Crippen LogP contribution < -0.4 is 0 Å². The zero-order valence-electron chi connectivity index (χ0n) is 15.8. The Hall–Kier alpha value is -1.06. The molecule has 136 valence electrons. The minimum Gasteiger partial charge on any atom is -0.465 e. The molecule has 4 nitrogen and oxygen atoms in total. The number of carbonyl (C=O) groups excluding carboxylic acids is 2. The second-order valence-electron chi connectivity index (χ2n) is 6.69. The Kier molecular flexibility index (Phi) is 11.8. The van der Waals surface area contributed by atoms with Crippen LogP contribution in [0.5, 0.6) is 0 Å². The number of rotatable bonds is 13. The number of hydrogen-bond acceptors (Lipinski definition) is 4. The summed E-state index contributed by atoms with van der Waals surface area (Å²) in [4.78, 5) is 24.8. The lowest BCUT2D eigenvalue weighted by Gasteiger charge is -2.27. The van der Waals surface area contributed by atoms with Gasteiger partial charge in [0.2, 0.25) is 0 Å². The Morgan fingerprint density at radius 1 is 0.826 bits per heavy atom. The summed E-state index contributed by atoms with van der Waals surface area (Å²) in [6.45, 7) is 10.6. The van der Waals surface area contributed by atoms with E-state index < -0.39 is 17.4 Å². The summed E-state index contributed by atoms with van der Waals surface area (Å²) in [7, 11) is 0. The molecular formula is C19H36O4. The smallest absolute Gasteiger partial charge is 0.323 e. The fourth-order valence-electron chi connectivity index (χ4n) is 2.48. The van der Waals surface area contributed by atoms with Gasteiger partial charge in [-0.15, -0.1) is 0 Å². The number of hydrogen-bond donors (Lipinski definition) is 0. The molecule has 0 aliphatic heterocycles. The first-order chi connectivity index (χ1) is 10.9. The summed E-state index contributed by atoms with van der Waals surface area (Å²) in [5.41, 5.74) is -1.14. The van der Waals surface area contributed by atoms with E-state index in [1.165, 1.54) is 25.7 Å². The largest absolute Gasteiger partial charge is 0.465 e. The van der Waals surface area contributed by atoms with Crippen LogP contribution in [0.25, 0.3) is 0 Å². The maximum atomic E-state index is 12.4. The summed E-state index contributed by atoms with van der Waals surface area (Å²) in [6.07, 6.45) is 7.65. The maximum Gasteiger partial charge on any atom is 0.323 e. The highest BCUT2D eigenvalue weighted by atomic mass is 16.6. The van der Waals surface area contributed by atoms with Crippen molar-refractivity contribution in [2.24, 2.45) is 11.3 Å². The predicted molar refractivity (Wildman–Crippen MR) is 93.1 cm³/mol. The zero-order chi connectivity index (χ0) is 17.7. The van der Waals surface area contributed by atoms with E-state index in [-0.39, 0.29) is 5.92 Å². The van der Waals surface area contributed by atoms with Crippen molar-refractivity contribution < 1.29 is 19.1 Å². The van der Waals surface area contributed by atoms with Gasteiger partial charge in [-0.2, -0.15) is 0 Å². The van der Waals surface area contributed by atoms with Crippen molar-refractivity contribution in [3.05, 3.63) is 0 Å². The molecule has 0 aliphatic rings. The van der Waals surface area contributed by atoms with Gasteiger partial charge < -0.3 is 9.47 Å². The molecule has 4 heteroatoms. The van der Waals surface area contributed by atoms with E-state index in [1.807, 2.05) is 27.7 Å². The van der Waals surface area contributed by atoms with Crippen LogP contribution >= 0.6 is 0 Å². The van der Waals surface area contributed by atoms with Gasteiger partial charge in [0.25, 0.3) is 0 Å². The second-order valence-corrected chi connectivity index (χ2v) is 6.69. The molecule has 0 saturated carbocycles. The number of carbonyl (C=O) groups is 2. The fraction of sp³-hybridized carbons (Fsp3) is 0.895. The molecule has 0 atom stereocenters. The minimum absolute atomic E-state index is 0.254. The molecule has 0 saturated heterocycles. The van der Waals surface area contributed by atoms with Crippen LogP contribution in [-0.4, -0.2) is 25.2 Å². The van der Waals surface area contributed by atoms with Crippen molar-refractivity contribution in [1.82, 2.24) is 0 Å². The second kappa shape index (κ2) is 12.4. The van der Waals surface area contributed by atoms with Gasteiger partial charge in [0, 0.05) is 0 Å². The Bertz CT molecular complexity index is 332. The molecule has 0 N–H and O–H groups in total. The van der Waals surface area contributed by atoms with Crippen molar-refractivity contribution in [2.45, 2.75) is 86.0 Å². The molecule has 23 heavy (non-hydrogen) atoms. The topological polar surface area (TPSA) is 52.6 Å². The average Bonchev–Trinajstić information content (AvgIpc) is 2.53. The highest BCUT2D eigenvalue weighted by molar-refractivity contribution is 5.99. The van der Waals surface area contributed by atoms with Gasteiger partial charge in [-0.3, -0.25) is 9.59 Å². The van der Waals surface area contributed by atoms with Crippen LogP contribution in [0.1, 0.15) is 86.0 Å². The van der Waals surface area contributed by atoms with E-state index in [4.69, 9.17) is 9.47 Å². The SMILES string of the molecule is CCCCCCCCOC(=O)C(CC)(CC)C(=O)OCC(C)C. The Labute approximate surface area is 142 Å². The van der Waals surface area contributed by atoms with E-state index in [2.05, 4.69) is 6.92 Å². The average molecular weight is 328 g/mol. The monoisotopic (exact) mass is 328 g/mol. The molecule has 0 aromatic heterocycles. The Morgan fingerprint density at radius 3 is 1.87 bits per heavy atom. The molecule has 0 rings (SSSR count). The standard InChI is InChI=1S/C19H36O4/c1-6-9-10-11-12-13-14-22-17(20)19(7-2,8-3)18(21)23-15-16(4)5/h16H,6-15H2,1-5H3. The normalized spacial score (nSPS) is 11.6. The fourth-order valence-corrected chi connectivity index (χ4v) is 2.48. The molecule has 0 unspecified atom stereocenters. The molecule has 0 aromatic rings. The molecule has 0 bridgehead atoms. The molecule has 0 amide bonds. The quantitative estimate of drug-likeness (QED) is 0.274. The zero-order valence-corrected chi connectivity index (χ0v) is 15.8. The van der Waals surface area contributed by atoms with Crippen LogP contribution in [0.2, 0.25) is 0 Å². The third-order valence-electron chi connectivity index (χ3n) is 4.27. The first kappa shape index (κ1) is 21.9. The molecule has 0 radical (unpaired) electrons. The van der Waals surface area contributed by atoms with Crippen LogP contribution in [0.4, 0.5) is 0 Å². The van der Waals surface area contributed by atoms with Gasteiger partial charge in [-0.25, -0.2) is 0 Å². The van der Waals surface area contributed by atoms with E-state index in [9.17, 15) is 9.59 Å². The lowest BCUT2D eigenvalue weighted by atomic mass is 9.82. The first-order valence-corrected chi connectivity index (χ1v) is 9.29. The molecule has 0 aliphatic carbocycles. The number of unbranched alkanes of at least 4 members (excludes halogenated alkanes) is 5. The first-order valence-electron chi connectivity index (χ1n) is 9.29. The number of esters is 2. The lowest BCUT2D eigenvalue weighted by Crippen LogP contribution is -2.41. The van der Waals surface area contributed by atoms with Gasteiger partial charge in [0.05, 0.1) is 13.2 Å². The predicted octanol–water partition coefficient (Wildman–Crippen LogP) is 4.90. The van der Waals surface area contributed by atoms with E-state index >= 15 is 0 Å². The van der Waals surface area contributed by atoms with E-state index in [0.717, 1.165) is 12.8 Å². The minimum atomic E-state index is -1.14. The van der Waals surface area contributed by atoms with Gasteiger partial charge >= 0.3 is 11.9 Å². The van der Waals surface area contributed by atoms with E-state index in [0.29, 0.717) is 26.1 Å². The third kappa shape index (κ3) is 7.85. The van der Waals surface area contributed by atoms with Crippen molar-refractivity contribution in [1.29, 1.82) is 0 Å². The lowest BCUT2D eigenvalue weighted by molar-refractivity contribution is -0.174. The Balaban J connectivity index is 4.35. The molecule has 0 aromatic carbocycles. The van der Waals surface area contributed by atoms with Gasteiger partial charge in [0.1, 0.15) is 0 Å². The van der Waals surface area contributed by atoms with Crippen molar-refractivity contribution in [3.63, 3.8) is 0 Å². The van der Waals surface area contributed by atoms with Crippen LogP contribution in [0.15, 0.2) is 0 Å². The van der Waals surface area contributed by atoms with Crippen molar-refractivity contribution in [2.75, 3.05) is 13.2 Å². The highest BCUT2D eigenvalue weighted by Gasteiger charge is 2.45. The van der Waals surface area contributed by atoms with Crippen LogP contribution in [0, 0.1) is 11.3 Å². The summed E-state index contributed by atoms with van der Waals surface area (Å²) in [5.74, 6) is -0.613. The summed E-state index contributed by atoms with van der Waals surface area (Å²) >= 11 is 0. The van der Waals surface area contributed by atoms with Gasteiger partial charge in [-0.05, 0) is 25.2 Å². The molecule has 0 spiro atoms. The summed E-state index contributed by atoms with van der Waals surface area (Å²) in [6, 6.07) is 0. The van der Waals surface area contributed by atoms with Crippen molar-refractivity contribution >= 4 is 11.9 Å². The van der Waals surface area contributed by atoms with Gasteiger partial charge in [0.15, 0.2) is 5.41 Å². The van der Waals surface area contributed by atoms with Crippen LogP contribution in [0.3, 0.4) is 0 Å². The highest BCUT2D eigenvalue weighted by Crippen LogP contribution is 2.30. The Morgan fingerprint density at radius 2 is 1.35 bits per heavy atom. The third-order valence-corrected chi connectivity index (χ3v) is 4.27. The van der Waals surface area contributed by atoms with Gasteiger partial charge in [-0.1, -0.05) is 66.7 Å². The maximum absolute atomic E-state index is 12.4. The number of ether oxygens (including phenoxy) is 2. The molecule has 0 fully saturated rings. The summed E-state index contributed by atoms with van der Waals surface area (Å²) < 4.78 is 10.7. The molecule has 0 heterocycles. The van der Waals surface area contributed by atoms with Crippen molar-refractivity contribution in [3.8, 4) is 0 Å². The van der Waals surface area contributed by atoms with Crippen LogP contribution in [-0.2, 0) is 19.1 Å². The van der Waals surface area contributed by atoms with E-state index in [1.54, 1.807) is 0 Å².